The molecule has 24 heavy (non-hydrogen) atoms. The van der Waals surface area contributed by atoms with Crippen molar-refractivity contribution in [3.05, 3.63) is 66.1 Å². The molecule has 0 aliphatic carbocycles. The largest absolute Gasteiger partial charge is 0.497 e. The zero-order chi connectivity index (χ0) is 16.8. The Balaban J connectivity index is 1.57. The van der Waals surface area contributed by atoms with Crippen LogP contribution < -0.4 is 10.1 Å². The fourth-order valence-electron chi connectivity index (χ4n) is 2.21. The fourth-order valence-corrected chi connectivity index (χ4v) is 2.21. The number of hydrogen-bond acceptors (Lipinski definition) is 5. The maximum atomic E-state index is 11.9. The van der Waals surface area contributed by atoms with Crippen molar-refractivity contribution in [2.75, 3.05) is 13.7 Å². The maximum absolute atomic E-state index is 11.9. The molecule has 0 spiro atoms. The molecule has 122 valence electrons. The lowest BCUT2D eigenvalue weighted by Crippen LogP contribution is -2.25. The first-order valence-corrected chi connectivity index (χ1v) is 7.56. The molecule has 0 atom stereocenters. The lowest BCUT2D eigenvalue weighted by molar-refractivity contribution is 0.0953. The first-order chi connectivity index (χ1) is 11.8. The van der Waals surface area contributed by atoms with Crippen molar-refractivity contribution < 1.29 is 14.1 Å². The summed E-state index contributed by atoms with van der Waals surface area (Å²) in [4.78, 5) is 16.3. The number of nitrogens with one attached hydrogen (secondary N) is 1. The van der Waals surface area contributed by atoms with Crippen LogP contribution in [0.25, 0.3) is 11.4 Å². The monoisotopic (exact) mass is 323 g/mol. The lowest BCUT2D eigenvalue weighted by atomic mass is 10.2. The molecule has 6 heteroatoms. The van der Waals surface area contributed by atoms with E-state index in [9.17, 15) is 4.79 Å². The van der Waals surface area contributed by atoms with E-state index in [0.717, 1.165) is 11.3 Å². The number of benzene rings is 2. The van der Waals surface area contributed by atoms with Gasteiger partial charge in [-0.15, -0.1) is 0 Å². The van der Waals surface area contributed by atoms with Gasteiger partial charge >= 0.3 is 0 Å². The highest BCUT2D eigenvalue weighted by Gasteiger charge is 2.10. The van der Waals surface area contributed by atoms with Crippen molar-refractivity contribution in [2.45, 2.75) is 6.42 Å². The van der Waals surface area contributed by atoms with Crippen LogP contribution in [0.3, 0.4) is 0 Å². The van der Waals surface area contributed by atoms with Crippen molar-refractivity contribution in [3.8, 4) is 17.1 Å². The van der Waals surface area contributed by atoms with Gasteiger partial charge in [0.25, 0.3) is 5.91 Å². The minimum atomic E-state index is -0.122. The average molecular weight is 323 g/mol. The number of hydrogen-bond donors (Lipinski definition) is 1. The van der Waals surface area contributed by atoms with Crippen molar-refractivity contribution >= 4 is 5.91 Å². The van der Waals surface area contributed by atoms with Crippen LogP contribution in [0, 0.1) is 0 Å². The van der Waals surface area contributed by atoms with Crippen LogP contribution in [0.5, 0.6) is 5.75 Å². The predicted octanol–water partition coefficient (Wildman–Crippen LogP) is 2.72. The number of ether oxygens (including phenoxy) is 1. The molecule has 6 nitrogen and oxygen atoms in total. The zero-order valence-corrected chi connectivity index (χ0v) is 13.2. The highest BCUT2D eigenvalue weighted by atomic mass is 16.5. The van der Waals surface area contributed by atoms with Crippen LogP contribution in [-0.2, 0) is 6.42 Å². The molecular weight excluding hydrogens is 306 g/mol. The van der Waals surface area contributed by atoms with Crippen molar-refractivity contribution in [1.82, 2.24) is 15.5 Å². The number of nitrogens with zero attached hydrogens (tertiary/aromatic N) is 2. The highest BCUT2D eigenvalue weighted by molar-refractivity contribution is 5.94. The van der Waals surface area contributed by atoms with Crippen molar-refractivity contribution in [1.29, 1.82) is 0 Å². The quantitative estimate of drug-likeness (QED) is 0.755. The molecule has 1 aromatic heterocycles. The summed E-state index contributed by atoms with van der Waals surface area (Å²) >= 11 is 0. The summed E-state index contributed by atoms with van der Waals surface area (Å²) < 4.78 is 10.4. The van der Waals surface area contributed by atoms with E-state index >= 15 is 0 Å². The molecular formula is C18H17N3O3. The molecule has 0 saturated carbocycles. The number of carbonyl (C=O) groups is 1. The molecule has 0 radical (unpaired) electrons. The lowest BCUT2D eigenvalue weighted by Gasteiger charge is -2.02. The van der Waals surface area contributed by atoms with Gasteiger partial charge in [0.15, 0.2) is 0 Å². The van der Waals surface area contributed by atoms with Crippen LogP contribution in [0.2, 0.25) is 0 Å². The smallest absolute Gasteiger partial charge is 0.251 e. The molecule has 0 unspecified atom stereocenters. The van der Waals surface area contributed by atoms with E-state index in [1.807, 2.05) is 42.5 Å². The van der Waals surface area contributed by atoms with E-state index < -0.39 is 0 Å². The van der Waals surface area contributed by atoms with Crippen LogP contribution >= 0.6 is 0 Å². The number of rotatable bonds is 6. The van der Waals surface area contributed by atoms with Gasteiger partial charge in [-0.25, -0.2) is 0 Å². The third-order valence-electron chi connectivity index (χ3n) is 3.46. The summed E-state index contributed by atoms with van der Waals surface area (Å²) in [5, 5.41) is 6.79. The van der Waals surface area contributed by atoms with Gasteiger partial charge in [0.05, 0.1) is 7.11 Å². The highest BCUT2D eigenvalue weighted by Crippen LogP contribution is 2.21. The molecule has 1 N–H and O–H groups in total. The Morgan fingerprint density at radius 1 is 1.17 bits per heavy atom. The fraction of sp³-hybridized carbons (Fsp3) is 0.167. The summed E-state index contributed by atoms with van der Waals surface area (Å²) in [7, 11) is 1.61. The molecule has 1 amide bonds. The Labute approximate surface area is 139 Å². The summed E-state index contributed by atoms with van der Waals surface area (Å²) in [6.07, 6.45) is 0.468. The Hall–Kier alpha value is -3.15. The molecule has 0 saturated heterocycles. The molecule has 2 aromatic carbocycles. The van der Waals surface area contributed by atoms with Gasteiger partial charge < -0.3 is 14.6 Å². The number of carbonyl (C=O) groups excluding carboxylic acids is 1. The average Bonchev–Trinajstić information content (AvgIpc) is 3.11. The van der Waals surface area contributed by atoms with Crippen molar-refractivity contribution in [3.63, 3.8) is 0 Å². The van der Waals surface area contributed by atoms with Gasteiger partial charge in [-0.05, 0) is 24.3 Å². The SMILES string of the molecule is COc1cccc(-c2noc(CCNC(=O)c3ccccc3)n2)c1. The van der Waals surface area contributed by atoms with Gasteiger partial charge in [-0.3, -0.25) is 4.79 Å². The third kappa shape index (κ3) is 3.78. The first kappa shape index (κ1) is 15.7. The number of amides is 1. The maximum Gasteiger partial charge on any atom is 0.251 e. The Bertz CT molecular complexity index is 815. The summed E-state index contributed by atoms with van der Waals surface area (Å²) in [5.41, 5.74) is 1.44. The Morgan fingerprint density at radius 3 is 2.79 bits per heavy atom. The molecule has 3 rings (SSSR count). The topological polar surface area (TPSA) is 77.3 Å². The van der Waals surface area contributed by atoms with Gasteiger partial charge in [-0.1, -0.05) is 35.5 Å². The second-order valence-corrected chi connectivity index (χ2v) is 5.12. The third-order valence-corrected chi connectivity index (χ3v) is 3.46. The van der Waals surface area contributed by atoms with E-state index in [4.69, 9.17) is 9.26 Å². The van der Waals surface area contributed by atoms with Crippen LogP contribution in [0.1, 0.15) is 16.2 Å². The molecule has 0 aliphatic rings. The van der Waals surface area contributed by atoms with Crippen LogP contribution in [0.4, 0.5) is 0 Å². The van der Waals surface area contributed by atoms with Gasteiger partial charge in [0, 0.05) is 24.1 Å². The summed E-state index contributed by atoms with van der Waals surface area (Å²) in [6.45, 7) is 0.424. The summed E-state index contributed by atoms with van der Waals surface area (Å²) in [6, 6.07) is 16.5. The normalized spacial score (nSPS) is 10.4. The zero-order valence-electron chi connectivity index (χ0n) is 13.2. The number of aromatic nitrogens is 2. The molecule has 0 fully saturated rings. The van der Waals surface area contributed by atoms with Gasteiger partial charge in [0.1, 0.15) is 5.75 Å². The van der Waals surface area contributed by atoms with Crippen LogP contribution in [0.15, 0.2) is 59.1 Å². The second kappa shape index (κ2) is 7.41. The van der Waals surface area contributed by atoms with E-state index in [0.29, 0.717) is 30.2 Å². The van der Waals surface area contributed by atoms with E-state index in [1.54, 1.807) is 19.2 Å². The Kier molecular flexibility index (Phi) is 4.86. The van der Waals surface area contributed by atoms with E-state index in [1.165, 1.54) is 0 Å². The van der Waals surface area contributed by atoms with Crippen molar-refractivity contribution in [2.24, 2.45) is 0 Å². The summed E-state index contributed by atoms with van der Waals surface area (Å²) in [5.74, 6) is 1.58. The molecule has 3 aromatic rings. The predicted molar refractivity (Wildman–Crippen MR) is 88.8 cm³/mol. The standard InChI is InChI=1S/C18H17N3O3/c1-23-15-9-5-8-14(12-15)17-20-16(24-21-17)10-11-19-18(22)13-6-3-2-4-7-13/h2-9,12H,10-11H2,1H3,(H,19,22). The van der Waals surface area contributed by atoms with Crippen LogP contribution in [-0.4, -0.2) is 29.7 Å². The van der Waals surface area contributed by atoms with E-state index in [2.05, 4.69) is 15.5 Å². The molecule has 0 aliphatic heterocycles. The minimum absolute atomic E-state index is 0.122. The molecule has 1 heterocycles. The second-order valence-electron chi connectivity index (χ2n) is 5.12. The minimum Gasteiger partial charge on any atom is -0.497 e. The van der Waals surface area contributed by atoms with E-state index in [-0.39, 0.29) is 5.91 Å². The Morgan fingerprint density at radius 2 is 2.00 bits per heavy atom. The molecule has 0 bridgehead atoms. The van der Waals surface area contributed by atoms with Gasteiger partial charge in [-0.2, -0.15) is 4.98 Å². The van der Waals surface area contributed by atoms with Gasteiger partial charge in [0.2, 0.25) is 11.7 Å². The number of methoxy groups -OCH3 is 1. The first-order valence-electron chi connectivity index (χ1n) is 7.56.